The van der Waals surface area contributed by atoms with Crippen LogP contribution in [-0.2, 0) is 19.9 Å². The number of rotatable bonds is 10. The first kappa shape index (κ1) is 25.6. The van der Waals surface area contributed by atoms with Crippen LogP contribution in [0.25, 0.3) is 0 Å². The molecule has 0 bridgehead atoms. The van der Waals surface area contributed by atoms with E-state index < -0.39 is 0 Å². The van der Waals surface area contributed by atoms with Gasteiger partial charge in [0.25, 0.3) is 5.91 Å². The molecule has 192 valence electrons. The fourth-order valence-corrected chi connectivity index (χ4v) is 4.17. The average molecular weight is 501 g/mol. The minimum absolute atomic E-state index is 0.223. The van der Waals surface area contributed by atoms with Crippen LogP contribution in [0.5, 0.6) is 17.2 Å². The molecule has 0 radical (unpaired) electrons. The lowest BCUT2D eigenvalue weighted by Crippen LogP contribution is -2.15. The molecular weight excluding hydrogens is 468 g/mol. The molecule has 0 spiro atoms. The maximum absolute atomic E-state index is 13.1. The second-order valence-electron chi connectivity index (χ2n) is 8.56. The number of hydrogen-bond acceptors (Lipinski definition) is 6. The maximum atomic E-state index is 13.1. The molecule has 8 heteroatoms. The first-order valence-corrected chi connectivity index (χ1v) is 11.9. The molecule has 3 aromatic carbocycles. The molecule has 0 aliphatic rings. The summed E-state index contributed by atoms with van der Waals surface area (Å²) in [5.74, 6) is 2.40. The van der Waals surface area contributed by atoms with Crippen molar-refractivity contribution in [3.63, 3.8) is 0 Å². The van der Waals surface area contributed by atoms with Crippen molar-refractivity contribution in [1.82, 2.24) is 9.55 Å². The molecule has 4 rings (SSSR count). The van der Waals surface area contributed by atoms with Gasteiger partial charge in [-0.05, 0) is 53.6 Å². The zero-order chi connectivity index (χ0) is 26.4. The third kappa shape index (κ3) is 5.86. The van der Waals surface area contributed by atoms with Crippen molar-refractivity contribution in [2.24, 2.45) is 7.05 Å². The van der Waals surface area contributed by atoms with Gasteiger partial charge in [0.05, 0.1) is 27.0 Å². The Balaban J connectivity index is 1.68. The van der Waals surface area contributed by atoms with Gasteiger partial charge in [-0.2, -0.15) is 0 Å². The van der Waals surface area contributed by atoms with E-state index in [0.29, 0.717) is 35.9 Å². The third-order valence-electron chi connectivity index (χ3n) is 6.29. The molecule has 1 amide bonds. The van der Waals surface area contributed by atoms with Gasteiger partial charge < -0.3 is 24.1 Å². The summed E-state index contributed by atoms with van der Waals surface area (Å²) >= 11 is 0. The summed E-state index contributed by atoms with van der Waals surface area (Å²) in [4.78, 5) is 17.9. The molecule has 1 heterocycles. The number of hydrogen-bond donors (Lipinski definition) is 2. The van der Waals surface area contributed by atoms with Crippen molar-refractivity contribution in [3.8, 4) is 17.2 Å². The Kier molecular flexibility index (Phi) is 7.98. The van der Waals surface area contributed by atoms with Crippen LogP contribution in [0.15, 0.2) is 66.7 Å². The molecule has 0 fully saturated rings. The van der Waals surface area contributed by atoms with E-state index in [2.05, 4.69) is 10.6 Å². The Morgan fingerprint density at radius 1 is 0.865 bits per heavy atom. The average Bonchev–Trinajstić information content (AvgIpc) is 3.21. The van der Waals surface area contributed by atoms with Gasteiger partial charge in [0.15, 0.2) is 11.5 Å². The van der Waals surface area contributed by atoms with Crippen LogP contribution in [0.4, 0.5) is 11.6 Å². The number of anilines is 2. The first-order valence-electron chi connectivity index (χ1n) is 11.9. The summed E-state index contributed by atoms with van der Waals surface area (Å²) in [7, 11) is 8.63. The number of carbonyl (C=O) groups excluding carboxylic acids is 1. The van der Waals surface area contributed by atoms with Crippen LogP contribution in [0.2, 0.25) is 0 Å². The molecule has 1 aromatic heterocycles. The fraction of sp³-hybridized carbons (Fsp3) is 0.241. The predicted molar refractivity (Wildman–Crippen MR) is 145 cm³/mol. The quantitative estimate of drug-likeness (QED) is 0.321. The van der Waals surface area contributed by atoms with Gasteiger partial charge in [-0.15, -0.1) is 0 Å². The minimum Gasteiger partial charge on any atom is -0.497 e. The van der Waals surface area contributed by atoms with Crippen LogP contribution >= 0.6 is 0 Å². The lowest BCUT2D eigenvalue weighted by Gasteiger charge is -2.12. The summed E-state index contributed by atoms with van der Waals surface area (Å²) in [6.45, 7) is 0. The standard InChI is InChI=1S/C29H32N4O4/c1-30-22-8-6-7-21(18-22)28(34)32-29-31-24(15-19-9-12-23(35-3)13-10-19)25(33(29)2)16-20-11-14-26(36-4)27(17-20)37-5/h6-14,17-18,30H,15-16H2,1-5H3,(H,31,32,34). The molecule has 37 heavy (non-hydrogen) atoms. The minimum atomic E-state index is -0.223. The number of imidazole rings is 1. The van der Waals surface area contributed by atoms with Crippen LogP contribution in [0.1, 0.15) is 32.9 Å². The molecule has 0 aliphatic carbocycles. The predicted octanol–water partition coefficient (Wildman–Crippen LogP) is 4.92. The molecule has 0 atom stereocenters. The fourth-order valence-electron chi connectivity index (χ4n) is 4.17. The van der Waals surface area contributed by atoms with Gasteiger partial charge in [-0.3, -0.25) is 10.1 Å². The lowest BCUT2D eigenvalue weighted by atomic mass is 10.0. The summed E-state index contributed by atoms with van der Waals surface area (Å²) in [5.41, 5.74) is 5.40. The van der Waals surface area contributed by atoms with Crippen molar-refractivity contribution in [1.29, 1.82) is 0 Å². The molecular formula is C29H32N4O4. The van der Waals surface area contributed by atoms with Crippen molar-refractivity contribution in [2.75, 3.05) is 39.0 Å². The monoisotopic (exact) mass is 500 g/mol. The number of carbonyl (C=O) groups is 1. The van der Waals surface area contributed by atoms with E-state index in [1.165, 1.54) is 0 Å². The zero-order valence-corrected chi connectivity index (χ0v) is 21.8. The SMILES string of the molecule is CNc1cccc(C(=O)Nc2nc(Cc3ccc(OC)cc3)c(Cc3ccc(OC)c(OC)c3)n2C)c1. The number of nitrogens with one attached hydrogen (secondary N) is 2. The molecule has 0 saturated carbocycles. The number of methoxy groups -OCH3 is 3. The number of ether oxygens (including phenoxy) is 3. The van der Waals surface area contributed by atoms with Gasteiger partial charge in [0.2, 0.25) is 5.95 Å². The highest BCUT2D eigenvalue weighted by Gasteiger charge is 2.19. The Morgan fingerprint density at radius 3 is 2.27 bits per heavy atom. The highest BCUT2D eigenvalue weighted by Crippen LogP contribution is 2.30. The van der Waals surface area contributed by atoms with E-state index >= 15 is 0 Å². The topological polar surface area (TPSA) is 86.6 Å². The van der Waals surface area contributed by atoms with Gasteiger partial charge in [0, 0.05) is 43.9 Å². The Bertz CT molecular complexity index is 1380. The lowest BCUT2D eigenvalue weighted by molar-refractivity contribution is 0.102. The second-order valence-corrected chi connectivity index (χ2v) is 8.56. The van der Waals surface area contributed by atoms with Gasteiger partial charge in [0.1, 0.15) is 5.75 Å². The van der Waals surface area contributed by atoms with Crippen molar-refractivity contribution < 1.29 is 19.0 Å². The van der Waals surface area contributed by atoms with E-state index in [1.54, 1.807) is 33.5 Å². The van der Waals surface area contributed by atoms with Crippen molar-refractivity contribution in [2.45, 2.75) is 12.8 Å². The van der Waals surface area contributed by atoms with Gasteiger partial charge in [-0.1, -0.05) is 24.3 Å². The smallest absolute Gasteiger partial charge is 0.258 e. The molecule has 4 aromatic rings. The van der Waals surface area contributed by atoms with E-state index in [-0.39, 0.29) is 5.91 Å². The summed E-state index contributed by atoms with van der Waals surface area (Å²) in [5, 5.41) is 6.05. The molecule has 0 unspecified atom stereocenters. The third-order valence-corrected chi connectivity index (χ3v) is 6.29. The largest absolute Gasteiger partial charge is 0.497 e. The van der Waals surface area contributed by atoms with E-state index in [1.807, 2.05) is 73.3 Å². The van der Waals surface area contributed by atoms with Crippen molar-refractivity contribution in [3.05, 3.63) is 94.8 Å². The van der Waals surface area contributed by atoms with Crippen LogP contribution in [0, 0.1) is 0 Å². The van der Waals surface area contributed by atoms with Gasteiger partial charge in [-0.25, -0.2) is 4.98 Å². The van der Waals surface area contributed by atoms with Crippen LogP contribution in [0.3, 0.4) is 0 Å². The summed E-state index contributed by atoms with van der Waals surface area (Å²) in [6, 6.07) is 21.1. The Labute approximate surface area is 217 Å². The first-order chi connectivity index (χ1) is 17.9. The Hall–Kier alpha value is -4.46. The molecule has 0 saturated heterocycles. The van der Waals surface area contributed by atoms with E-state index in [4.69, 9.17) is 19.2 Å². The van der Waals surface area contributed by atoms with E-state index in [9.17, 15) is 4.79 Å². The number of aromatic nitrogens is 2. The second kappa shape index (κ2) is 11.5. The molecule has 0 aliphatic heterocycles. The molecule has 8 nitrogen and oxygen atoms in total. The maximum Gasteiger partial charge on any atom is 0.258 e. The summed E-state index contributed by atoms with van der Waals surface area (Å²) < 4.78 is 18.1. The number of amides is 1. The van der Waals surface area contributed by atoms with Crippen LogP contribution in [-0.4, -0.2) is 43.8 Å². The zero-order valence-electron chi connectivity index (χ0n) is 21.8. The summed E-state index contributed by atoms with van der Waals surface area (Å²) in [6.07, 6.45) is 1.20. The number of nitrogens with zero attached hydrogens (tertiary/aromatic N) is 2. The Morgan fingerprint density at radius 2 is 1.59 bits per heavy atom. The van der Waals surface area contributed by atoms with Crippen molar-refractivity contribution >= 4 is 17.5 Å². The highest BCUT2D eigenvalue weighted by atomic mass is 16.5. The molecule has 2 N–H and O–H groups in total. The van der Waals surface area contributed by atoms with E-state index in [0.717, 1.165) is 34.0 Å². The number of benzene rings is 3. The highest BCUT2D eigenvalue weighted by molar-refractivity contribution is 6.04. The van der Waals surface area contributed by atoms with Crippen LogP contribution < -0.4 is 24.8 Å². The van der Waals surface area contributed by atoms with Gasteiger partial charge >= 0.3 is 0 Å². The normalized spacial score (nSPS) is 10.6.